The van der Waals surface area contributed by atoms with Crippen LogP contribution in [0, 0.1) is 11.8 Å². The molecule has 2 aliphatic heterocycles. The van der Waals surface area contributed by atoms with E-state index in [1.54, 1.807) is 0 Å². The second-order valence-corrected chi connectivity index (χ2v) is 29.1. The van der Waals surface area contributed by atoms with Gasteiger partial charge in [0.1, 0.15) is 0 Å². The van der Waals surface area contributed by atoms with Crippen LogP contribution in [0.5, 0.6) is 0 Å². The summed E-state index contributed by atoms with van der Waals surface area (Å²) in [4.78, 5) is 13.0. The van der Waals surface area contributed by atoms with Crippen LogP contribution in [0.25, 0.3) is 0 Å². The van der Waals surface area contributed by atoms with Crippen LogP contribution in [0.2, 0.25) is 54.4 Å². The van der Waals surface area contributed by atoms with Crippen molar-refractivity contribution >= 4 is 41.8 Å². The van der Waals surface area contributed by atoms with Gasteiger partial charge in [-0.2, -0.15) is 0 Å². The second kappa shape index (κ2) is 18.9. The molecule has 2 heterocycles. The largest absolute Gasteiger partial charge is 0.414 e. The molecule has 0 aromatic heterocycles. The molecule has 0 aromatic rings. The molecule has 0 spiro atoms. The molecule has 44 heavy (non-hydrogen) atoms. The maximum atomic E-state index is 13.0. The summed E-state index contributed by atoms with van der Waals surface area (Å²) < 4.78 is 34.7. The first-order valence-corrected chi connectivity index (χ1v) is 27.0. The standard InChI is InChI=1S/C34H70O6SSi3/c1-13-41-31(35)24-29-34(40-44(20-8,21-9)22-10)33(39-43(17-5,18-6)19-7)28(25-36-29)23-30-32(37-30)26(11)27(12)38-42(14-2,15-3)16-4/h26-30,32-34H,13-25H2,1-12H3/t26-,27-,28-,29-,30-,32-,33+,34-/m0/s1. The molecular weight excluding hydrogens is 621 g/mol. The van der Waals surface area contributed by atoms with Crippen LogP contribution < -0.4 is 0 Å². The van der Waals surface area contributed by atoms with E-state index in [0.29, 0.717) is 18.9 Å². The summed E-state index contributed by atoms with van der Waals surface area (Å²) in [5, 5.41) is 0.198. The zero-order valence-electron chi connectivity index (χ0n) is 30.7. The van der Waals surface area contributed by atoms with E-state index in [-0.39, 0.29) is 47.7 Å². The molecule has 0 saturated carbocycles. The Hall–Kier alpha value is 0.471. The molecule has 6 nitrogen and oxygen atoms in total. The highest BCUT2D eigenvalue weighted by Gasteiger charge is 2.53. The van der Waals surface area contributed by atoms with Gasteiger partial charge in [0, 0.05) is 24.4 Å². The van der Waals surface area contributed by atoms with Crippen molar-refractivity contribution in [3.05, 3.63) is 0 Å². The van der Waals surface area contributed by atoms with E-state index >= 15 is 0 Å². The van der Waals surface area contributed by atoms with Gasteiger partial charge in [-0.3, -0.25) is 4.79 Å². The Labute approximate surface area is 279 Å². The van der Waals surface area contributed by atoms with Crippen LogP contribution >= 0.6 is 11.8 Å². The second-order valence-electron chi connectivity index (χ2n) is 13.6. The number of epoxide rings is 1. The van der Waals surface area contributed by atoms with E-state index < -0.39 is 25.0 Å². The van der Waals surface area contributed by atoms with Gasteiger partial charge in [0.15, 0.2) is 30.1 Å². The minimum atomic E-state index is -2.00. The molecule has 2 saturated heterocycles. The fourth-order valence-electron chi connectivity index (χ4n) is 7.44. The molecular formula is C34H70O6SSi3. The van der Waals surface area contributed by atoms with Crippen LogP contribution in [-0.2, 0) is 27.5 Å². The van der Waals surface area contributed by atoms with Gasteiger partial charge in [-0.1, -0.05) is 87.9 Å². The Kier molecular flexibility index (Phi) is 17.4. The minimum absolute atomic E-state index is 0.0645. The molecule has 8 atom stereocenters. The molecule has 0 aromatic carbocycles. The SMILES string of the molecule is CCSC(=O)C[C@@H]1OC[C@H](C[C@@H]2O[C@H]2[C@@H](C)[C@H](C)O[Si](CC)(CC)CC)[C@@H](O[Si](CC)(CC)CC)[C@H]1O[Si](CC)(CC)CC. The van der Waals surface area contributed by atoms with Gasteiger partial charge in [0.25, 0.3) is 0 Å². The third-order valence-electron chi connectivity index (χ3n) is 11.8. The highest BCUT2D eigenvalue weighted by atomic mass is 32.2. The Morgan fingerprint density at radius 1 is 0.727 bits per heavy atom. The molecule has 0 aliphatic carbocycles. The number of hydrogen-bond donors (Lipinski definition) is 0. The summed E-state index contributed by atoms with van der Waals surface area (Å²) >= 11 is 1.40. The molecule has 10 heteroatoms. The predicted octanol–water partition coefficient (Wildman–Crippen LogP) is 9.66. The molecule has 0 radical (unpaired) electrons. The summed E-state index contributed by atoms with van der Waals surface area (Å²) in [5.41, 5.74) is 0. The lowest BCUT2D eigenvalue weighted by Crippen LogP contribution is -2.60. The fraction of sp³-hybridized carbons (Fsp3) is 0.971. The molecule has 0 N–H and O–H groups in total. The Bertz CT molecular complexity index is 813. The van der Waals surface area contributed by atoms with Crippen molar-refractivity contribution in [1.82, 2.24) is 0 Å². The van der Waals surface area contributed by atoms with Crippen molar-refractivity contribution in [2.45, 2.75) is 187 Å². The van der Waals surface area contributed by atoms with Crippen molar-refractivity contribution in [3.63, 3.8) is 0 Å². The van der Waals surface area contributed by atoms with Gasteiger partial charge in [0.2, 0.25) is 0 Å². The first kappa shape index (κ1) is 40.6. The van der Waals surface area contributed by atoms with Crippen LogP contribution in [0.3, 0.4) is 0 Å². The zero-order chi connectivity index (χ0) is 33.1. The average Bonchev–Trinajstić information content (AvgIpc) is 3.82. The molecule has 2 aliphatic rings. The van der Waals surface area contributed by atoms with Crippen LogP contribution in [0.1, 0.15) is 95.9 Å². The average molecular weight is 691 g/mol. The van der Waals surface area contributed by atoms with E-state index in [2.05, 4.69) is 76.2 Å². The monoisotopic (exact) mass is 690 g/mol. The third kappa shape index (κ3) is 10.2. The number of ether oxygens (including phenoxy) is 2. The normalized spacial score (nSPS) is 27.7. The van der Waals surface area contributed by atoms with Crippen molar-refractivity contribution in [2.24, 2.45) is 11.8 Å². The maximum absolute atomic E-state index is 13.0. The maximum Gasteiger partial charge on any atom is 0.192 e. The summed E-state index contributed by atoms with van der Waals surface area (Å²) in [6, 6.07) is 9.99. The molecule has 0 bridgehead atoms. The first-order chi connectivity index (χ1) is 20.9. The number of rotatable bonds is 22. The van der Waals surface area contributed by atoms with Crippen LogP contribution in [-0.4, -0.2) is 79.1 Å². The van der Waals surface area contributed by atoms with E-state index in [4.69, 9.17) is 22.8 Å². The summed E-state index contributed by atoms with van der Waals surface area (Å²) in [6.07, 6.45) is 1.37. The number of hydrogen-bond acceptors (Lipinski definition) is 7. The molecule has 2 rings (SSSR count). The lowest BCUT2D eigenvalue weighted by Gasteiger charge is -2.49. The number of thioether (sulfide) groups is 1. The lowest BCUT2D eigenvalue weighted by atomic mass is 9.86. The molecule has 260 valence electrons. The van der Waals surface area contributed by atoms with Gasteiger partial charge in [-0.25, -0.2) is 0 Å². The minimum Gasteiger partial charge on any atom is -0.414 e. The van der Waals surface area contributed by atoms with E-state index in [1.807, 2.05) is 6.92 Å². The Balaban J connectivity index is 2.38. The summed E-state index contributed by atoms with van der Waals surface area (Å²) in [5.74, 6) is 1.32. The highest BCUT2D eigenvalue weighted by Crippen LogP contribution is 2.43. The highest BCUT2D eigenvalue weighted by molar-refractivity contribution is 8.13. The van der Waals surface area contributed by atoms with E-state index in [9.17, 15) is 4.79 Å². The van der Waals surface area contributed by atoms with Gasteiger partial charge < -0.3 is 22.8 Å². The predicted molar refractivity (Wildman–Crippen MR) is 195 cm³/mol. The third-order valence-corrected chi connectivity index (χ3v) is 26.6. The van der Waals surface area contributed by atoms with Gasteiger partial charge in [-0.05, 0) is 73.5 Å². The summed E-state index contributed by atoms with van der Waals surface area (Å²) in [6.45, 7) is 27.9. The number of carbonyl (C=O) groups is 1. The van der Waals surface area contributed by atoms with E-state index in [0.717, 1.165) is 48.4 Å². The lowest BCUT2D eigenvalue weighted by molar-refractivity contribution is -0.158. The summed E-state index contributed by atoms with van der Waals surface area (Å²) in [7, 11) is -5.66. The van der Waals surface area contributed by atoms with Crippen LogP contribution in [0.15, 0.2) is 0 Å². The first-order valence-electron chi connectivity index (χ1n) is 18.4. The Morgan fingerprint density at radius 3 is 1.66 bits per heavy atom. The quantitative estimate of drug-likeness (QED) is 0.0828. The van der Waals surface area contributed by atoms with Crippen molar-refractivity contribution < 1.29 is 27.5 Å². The van der Waals surface area contributed by atoms with Gasteiger partial charge in [-0.15, -0.1) is 0 Å². The number of carbonyl (C=O) groups excluding carboxylic acids is 1. The smallest absolute Gasteiger partial charge is 0.192 e. The topological polar surface area (TPSA) is 66.5 Å². The zero-order valence-corrected chi connectivity index (χ0v) is 34.5. The fourth-order valence-corrected chi connectivity index (χ4v) is 16.8. The molecule has 0 unspecified atom stereocenters. The van der Waals surface area contributed by atoms with Crippen LogP contribution in [0.4, 0.5) is 0 Å². The molecule has 0 amide bonds. The van der Waals surface area contributed by atoms with Crippen molar-refractivity contribution in [2.75, 3.05) is 12.4 Å². The van der Waals surface area contributed by atoms with Crippen molar-refractivity contribution in [3.8, 4) is 0 Å². The van der Waals surface area contributed by atoms with Gasteiger partial charge in [0.05, 0.1) is 37.1 Å². The van der Waals surface area contributed by atoms with Crippen molar-refractivity contribution in [1.29, 1.82) is 0 Å². The molecule has 2 fully saturated rings. The van der Waals surface area contributed by atoms with E-state index in [1.165, 1.54) is 29.9 Å². The van der Waals surface area contributed by atoms with Gasteiger partial charge >= 0.3 is 0 Å². The Morgan fingerprint density at radius 2 is 1.20 bits per heavy atom.